The van der Waals surface area contributed by atoms with Crippen molar-refractivity contribution in [2.24, 2.45) is 5.41 Å². The van der Waals surface area contributed by atoms with Crippen LogP contribution in [-0.4, -0.2) is 38.7 Å². The Kier molecular flexibility index (Phi) is 4.31. The summed E-state index contributed by atoms with van der Waals surface area (Å²) in [6, 6.07) is 8.49. The van der Waals surface area contributed by atoms with E-state index in [2.05, 4.69) is 92.9 Å². The summed E-state index contributed by atoms with van der Waals surface area (Å²) < 4.78 is 2.02. The van der Waals surface area contributed by atoms with E-state index in [1.165, 1.54) is 11.1 Å². The molecule has 134 valence electrons. The van der Waals surface area contributed by atoms with Crippen LogP contribution in [-0.2, 0) is 5.54 Å². The number of tetrazole rings is 1. The van der Waals surface area contributed by atoms with Gasteiger partial charge in [0, 0.05) is 6.54 Å². The number of hydrogen-bond acceptors (Lipinski definition) is 4. The number of rotatable bonds is 3. The third kappa shape index (κ3) is 3.38. The maximum atomic E-state index is 4.44. The van der Waals surface area contributed by atoms with Gasteiger partial charge in [0.2, 0.25) is 0 Å². The van der Waals surface area contributed by atoms with E-state index in [-0.39, 0.29) is 17.0 Å². The molecule has 5 heteroatoms. The second-order valence-corrected chi connectivity index (χ2v) is 9.01. The van der Waals surface area contributed by atoms with Gasteiger partial charge in [0.25, 0.3) is 0 Å². The quantitative estimate of drug-likeness (QED) is 0.851. The molecule has 2 heterocycles. The molecule has 0 bridgehead atoms. The number of aromatic nitrogens is 4. The maximum Gasteiger partial charge on any atom is 0.173 e. The van der Waals surface area contributed by atoms with Crippen molar-refractivity contribution in [2.75, 3.05) is 13.6 Å². The van der Waals surface area contributed by atoms with Crippen molar-refractivity contribution < 1.29 is 0 Å². The summed E-state index contributed by atoms with van der Waals surface area (Å²) in [6.45, 7) is 16.2. The van der Waals surface area contributed by atoms with Crippen LogP contribution in [0.4, 0.5) is 0 Å². The first kappa shape index (κ1) is 17.8. The highest BCUT2D eigenvalue weighted by atomic mass is 15.6. The Morgan fingerprint density at radius 2 is 1.84 bits per heavy atom. The molecule has 0 radical (unpaired) electrons. The van der Waals surface area contributed by atoms with Gasteiger partial charge in [0.1, 0.15) is 0 Å². The van der Waals surface area contributed by atoms with Crippen LogP contribution < -0.4 is 0 Å². The highest BCUT2D eigenvalue weighted by Gasteiger charge is 2.37. The second-order valence-electron chi connectivity index (χ2n) is 9.01. The minimum atomic E-state index is -0.165. The molecule has 0 fully saturated rings. The Balaban J connectivity index is 2.08. The first-order valence-electron chi connectivity index (χ1n) is 8.86. The zero-order valence-corrected chi connectivity index (χ0v) is 16.2. The van der Waals surface area contributed by atoms with Crippen LogP contribution in [0.15, 0.2) is 30.8 Å². The zero-order chi connectivity index (χ0) is 18.4. The van der Waals surface area contributed by atoms with Gasteiger partial charge in [-0.2, -0.15) is 0 Å². The van der Waals surface area contributed by atoms with Gasteiger partial charge < -0.3 is 0 Å². The summed E-state index contributed by atoms with van der Waals surface area (Å²) in [5.74, 6) is 0.900. The van der Waals surface area contributed by atoms with E-state index in [9.17, 15) is 0 Å². The molecule has 0 saturated heterocycles. The lowest BCUT2D eigenvalue weighted by Gasteiger charge is -2.38. The predicted molar refractivity (Wildman–Crippen MR) is 101 cm³/mol. The molecule has 0 N–H and O–H groups in total. The summed E-state index contributed by atoms with van der Waals surface area (Å²) in [4.78, 5) is 2.28. The van der Waals surface area contributed by atoms with Gasteiger partial charge in [0.05, 0.1) is 11.6 Å². The molecule has 5 nitrogen and oxygen atoms in total. The van der Waals surface area contributed by atoms with Crippen LogP contribution in [0.3, 0.4) is 0 Å². The van der Waals surface area contributed by atoms with E-state index < -0.39 is 0 Å². The second kappa shape index (κ2) is 6.06. The van der Waals surface area contributed by atoms with Crippen molar-refractivity contribution >= 4 is 5.57 Å². The lowest BCUT2D eigenvalue weighted by atomic mass is 9.81. The fourth-order valence-electron chi connectivity index (χ4n) is 4.28. The SMILES string of the molecule is C=C1CN(C)C(c2nnnn2C(C)(C)CC(C)(C)C)c2ccccc21. The van der Waals surface area contributed by atoms with E-state index in [0.717, 1.165) is 24.4 Å². The van der Waals surface area contributed by atoms with Crippen LogP contribution in [0.1, 0.15) is 64.0 Å². The number of fused-ring (bicyclic) bond motifs is 1. The molecule has 0 spiro atoms. The van der Waals surface area contributed by atoms with Gasteiger partial charge >= 0.3 is 0 Å². The number of nitrogens with zero attached hydrogens (tertiary/aromatic N) is 5. The Labute approximate surface area is 150 Å². The molecule has 2 aromatic rings. The van der Waals surface area contributed by atoms with Crippen LogP contribution in [0.25, 0.3) is 5.57 Å². The smallest absolute Gasteiger partial charge is 0.173 e. The van der Waals surface area contributed by atoms with E-state index in [1.54, 1.807) is 0 Å². The average Bonchev–Trinajstić information content (AvgIpc) is 2.95. The zero-order valence-electron chi connectivity index (χ0n) is 16.2. The molecule has 1 aromatic heterocycles. The van der Waals surface area contributed by atoms with Crippen molar-refractivity contribution in [3.05, 3.63) is 47.8 Å². The van der Waals surface area contributed by atoms with E-state index in [4.69, 9.17) is 0 Å². The van der Waals surface area contributed by atoms with Gasteiger partial charge in [-0.25, -0.2) is 4.68 Å². The number of hydrogen-bond donors (Lipinski definition) is 0. The van der Waals surface area contributed by atoms with E-state index >= 15 is 0 Å². The molecule has 3 rings (SSSR count). The molecule has 1 aliphatic rings. The number of likely N-dealkylation sites (N-methyl/N-ethyl adjacent to an activating group) is 1. The highest BCUT2D eigenvalue weighted by molar-refractivity contribution is 5.70. The topological polar surface area (TPSA) is 46.8 Å². The fraction of sp³-hybridized carbons (Fsp3) is 0.550. The summed E-state index contributed by atoms with van der Waals surface area (Å²) in [5.41, 5.74) is 3.61. The van der Waals surface area contributed by atoms with Crippen molar-refractivity contribution in [2.45, 2.75) is 52.6 Å². The summed E-state index contributed by atoms with van der Waals surface area (Å²) in [5, 5.41) is 12.9. The van der Waals surface area contributed by atoms with E-state index in [1.807, 2.05) is 4.68 Å². The lowest BCUT2D eigenvalue weighted by Crippen LogP contribution is -2.39. The monoisotopic (exact) mass is 339 g/mol. The summed E-state index contributed by atoms with van der Waals surface area (Å²) in [7, 11) is 2.11. The van der Waals surface area contributed by atoms with Crippen molar-refractivity contribution in [3.8, 4) is 0 Å². The lowest BCUT2D eigenvalue weighted by molar-refractivity contribution is 0.178. The molecule has 1 unspecified atom stereocenters. The van der Waals surface area contributed by atoms with Gasteiger partial charge in [-0.15, -0.1) is 5.10 Å². The fourth-order valence-corrected chi connectivity index (χ4v) is 4.28. The maximum absolute atomic E-state index is 4.44. The minimum absolute atomic E-state index is 0.0379. The summed E-state index contributed by atoms with van der Waals surface area (Å²) in [6.07, 6.45) is 0.989. The first-order valence-corrected chi connectivity index (χ1v) is 8.86. The highest BCUT2D eigenvalue weighted by Crippen LogP contribution is 2.39. The molecular weight excluding hydrogens is 310 g/mol. The average molecular weight is 339 g/mol. The van der Waals surface area contributed by atoms with Crippen molar-refractivity contribution in [1.29, 1.82) is 0 Å². The third-order valence-electron chi connectivity index (χ3n) is 4.79. The van der Waals surface area contributed by atoms with Gasteiger partial charge in [-0.1, -0.05) is 51.6 Å². The van der Waals surface area contributed by atoms with Crippen LogP contribution in [0.5, 0.6) is 0 Å². The molecule has 0 saturated carbocycles. The third-order valence-corrected chi connectivity index (χ3v) is 4.79. The molecule has 1 aliphatic heterocycles. The molecule has 0 amide bonds. The molecule has 0 aliphatic carbocycles. The standard InChI is InChI=1S/C20H29N5/c1-14-12-24(7)17(16-11-9-8-10-15(14)16)18-21-22-23-25(18)20(5,6)13-19(2,3)4/h8-11,17H,1,12-13H2,2-7H3. The Morgan fingerprint density at radius 1 is 1.16 bits per heavy atom. The largest absolute Gasteiger partial charge is 0.288 e. The van der Waals surface area contributed by atoms with Crippen LogP contribution >= 0.6 is 0 Å². The van der Waals surface area contributed by atoms with Gasteiger partial charge in [-0.3, -0.25) is 4.90 Å². The number of benzene rings is 1. The Hall–Kier alpha value is -2.01. The molecule has 1 atom stereocenters. The normalized spacial score (nSPS) is 19.1. The van der Waals surface area contributed by atoms with Gasteiger partial charge in [-0.05, 0) is 59.9 Å². The Morgan fingerprint density at radius 3 is 2.52 bits per heavy atom. The minimum Gasteiger partial charge on any atom is -0.288 e. The molecular formula is C20H29N5. The molecule has 25 heavy (non-hydrogen) atoms. The Bertz CT molecular complexity index is 781. The first-order chi connectivity index (χ1) is 11.6. The van der Waals surface area contributed by atoms with E-state index in [0.29, 0.717) is 0 Å². The van der Waals surface area contributed by atoms with Gasteiger partial charge in [0.15, 0.2) is 5.82 Å². The van der Waals surface area contributed by atoms with Crippen LogP contribution in [0.2, 0.25) is 0 Å². The van der Waals surface area contributed by atoms with Crippen molar-refractivity contribution in [1.82, 2.24) is 25.1 Å². The predicted octanol–water partition coefficient (Wildman–Crippen LogP) is 3.89. The van der Waals surface area contributed by atoms with Crippen molar-refractivity contribution in [3.63, 3.8) is 0 Å². The molecule has 1 aromatic carbocycles. The van der Waals surface area contributed by atoms with Crippen LogP contribution in [0, 0.1) is 5.41 Å². The summed E-state index contributed by atoms with van der Waals surface area (Å²) >= 11 is 0.